The van der Waals surface area contributed by atoms with Crippen molar-refractivity contribution in [2.75, 3.05) is 5.73 Å². The van der Waals surface area contributed by atoms with Gasteiger partial charge in [0, 0.05) is 16.6 Å². The van der Waals surface area contributed by atoms with Crippen molar-refractivity contribution in [1.82, 2.24) is 4.98 Å². The van der Waals surface area contributed by atoms with Crippen LogP contribution in [0.2, 0.25) is 0 Å². The first-order valence-corrected chi connectivity index (χ1v) is 3.93. The summed E-state index contributed by atoms with van der Waals surface area (Å²) in [5, 5.41) is 0.403. The number of benzene rings is 1. The predicted octanol–water partition coefficient (Wildman–Crippen LogP) is 2.77. The quantitative estimate of drug-likeness (QED) is 0.631. The van der Waals surface area contributed by atoms with E-state index >= 15 is 0 Å². The van der Waals surface area contributed by atoms with Crippen LogP contribution in [-0.2, 0) is 6.18 Å². The number of aromatic amines is 1. The van der Waals surface area contributed by atoms with Crippen molar-refractivity contribution in [3.05, 3.63) is 30.0 Å². The summed E-state index contributed by atoms with van der Waals surface area (Å²) in [5.41, 5.74) is 5.49. The molecule has 0 spiro atoms. The molecule has 0 atom stereocenters. The maximum absolute atomic E-state index is 12.3. The molecule has 2 aromatic rings. The number of alkyl halides is 3. The lowest BCUT2D eigenvalue weighted by molar-refractivity contribution is -0.140. The standard InChI is InChI=1S/C9H7F3N2/c10-9(11,12)8-4-5-6(13)2-1-3-7(5)14-8/h1-4,14H,13H2. The highest BCUT2D eigenvalue weighted by atomic mass is 19.4. The Bertz CT molecular complexity index is 470. The molecule has 0 radical (unpaired) electrons. The lowest BCUT2D eigenvalue weighted by atomic mass is 10.2. The summed E-state index contributed by atoms with van der Waals surface area (Å²) < 4.78 is 36.9. The summed E-state index contributed by atoms with van der Waals surface area (Å²) in [4.78, 5) is 2.27. The highest BCUT2D eigenvalue weighted by Crippen LogP contribution is 2.32. The summed E-state index contributed by atoms with van der Waals surface area (Å²) in [6.45, 7) is 0. The zero-order chi connectivity index (χ0) is 10.3. The summed E-state index contributed by atoms with van der Waals surface area (Å²) in [6.07, 6.45) is -4.36. The molecule has 3 N–H and O–H groups in total. The Morgan fingerprint density at radius 3 is 2.50 bits per heavy atom. The van der Waals surface area contributed by atoms with Gasteiger partial charge in [0.05, 0.1) is 0 Å². The third kappa shape index (κ3) is 1.30. The van der Waals surface area contributed by atoms with Gasteiger partial charge in [-0.2, -0.15) is 13.2 Å². The van der Waals surface area contributed by atoms with E-state index in [2.05, 4.69) is 4.98 Å². The Hall–Kier alpha value is -1.65. The zero-order valence-electron chi connectivity index (χ0n) is 7.02. The minimum absolute atomic E-state index is 0.342. The number of nitrogen functional groups attached to an aromatic ring is 1. The number of nitrogens with one attached hydrogen (secondary N) is 1. The van der Waals surface area contributed by atoms with Crippen molar-refractivity contribution in [2.24, 2.45) is 0 Å². The lowest BCUT2D eigenvalue weighted by Gasteiger charge is -2.00. The van der Waals surface area contributed by atoms with Gasteiger partial charge in [-0.1, -0.05) is 6.07 Å². The van der Waals surface area contributed by atoms with Crippen LogP contribution in [0.15, 0.2) is 24.3 Å². The van der Waals surface area contributed by atoms with Gasteiger partial charge in [-0.3, -0.25) is 0 Å². The fraction of sp³-hybridized carbons (Fsp3) is 0.111. The summed E-state index contributed by atoms with van der Waals surface area (Å²) >= 11 is 0. The molecule has 0 bridgehead atoms. The Balaban J connectivity index is 2.69. The van der Waals surface area contributed by atoms with Crippen molar-refractivity contribution in [3.8, 4) is 0 Å². The lowest BCUT2D eigenvalue weighted by Crippen LogP contribution is -2.04. The average Bonchev–Trinajstić information content (AvgIpc) is 2.48. The van der Waals surface area contributed by atoms with Crippen molar-refractivity contribution in [2.45, 2.75) is 6.18 Å². The third-order valence-electron chi connectivity index (χ3n) is 2.00. The van der Waals surface area contributed by atoms with Crippen molar-refractivity contribution in [3.63, 3.8) is 0 Å². The second-order valence-corrected chi connectivity index (χ2v) is 2.99. The molecular formula is C9H7F3N2. The monoisotopic (exact) mass is 200 g/mol. The highest BCUT2D eigenvalue weighted by Gasteiger charge is 2.32. The first-order chi connectivity index (χ1) is 6.48. The topological polar surface area (TPSA) is 41.8 Å². The molecule has 14 heavy (non-hydrogen) atoms. The maximum Gasteiger partial charge on any atom is 0.431 e. The Kier molecular flexibility index (Phi) is 1.70. The largest absolute Gasteiger partial charge is 0.431 e. The molecule has 2 nitrogen and oxygen atoms in total. The van der Waals surface area contributed by atoms with Crippen LogP contribution in [0.25, 0.3) is 10.9 Å². The third-order valence-corrected chi connectivity index (χ3v) is 2.00. The minimum Gasteiger partial charge on any atom is -0.398 e. The van der Waals surface area contributed by atoms with Crippen LogP contribution >= 0.6 is 0 Å². The summed E-state index contributed by atoms with van der Waals surface area (Å²) in [6, 6.07) is 5.75. The minimum atomic E-state index is -4.36. The molecule has 0 amide bonds. The smallest absolute Gasteiger partial charge is 0.398 e. The number of hydrogen-bond donors (Lipinski definition) is 2. The van der Waals surface area contributed by atoms with Gasteiger partial charge in [0.15, 0.2) is 0 Å². The Morgan fingerprint density at radius 2 is 1.93 bits per heavy atom. The van der Waals surface area contributed by atoms with E-state index in [-0.39, 0.29) is 0 Å². The molecule has 1 heterocycles. The van der Waals surface area contributed by atoms with Gasteiger partial charge < -0.3 is 10.7 Å². The van der Waals surface area contributed by atoms with Crippen LogP contribution < -0.4 is 5.73 Å². The summed E-state index contributed by atoms with van der Waals surface area (Å²) in [7, 11) is 0. The van der Waals surface area contributed by atoms with E-state index < -0.39 is 11.9 Å². The molecule has 1 aromatic carbocycles. The Morgan fingerprint density at radius 1 is 1.21 bits per heavy atom. The molecule has 0 unspecified atom stereocenters. The second kappa shape index (κ2) is 2.67. The molecule has 5 heteroatoms. The normalized spacial score (nSPS) is 12.2. The van der Waals surface area contributed by atoms with Crippen molar-refractivity contribution >= 4 is 16.6 Å². The molecule has 2 rings (SSSR count). The van der Waals surface area contributed by atoms with Gasteiger partial charge in [0.2, 0.25) is 0 Å². The number of anilines is 1. The molecule has 0 fully saturated rings. The number of H-pyrrole nitrogens is 1. The molecular weight excluding hydrogens is 193 g/mol. The number of hydrogen-bond acceptors (Lipinski definition) is 1. The number of aromatic nitrogens is 1. The second-order valence-electron chi connectivity index (χ2n) is 2.99. The van der Waals surface area contributed by atoms with E-state index in [0.717, 1.165) is 6.07 Å². The molecule has 0 aliphatic rings. The maximum atomic E-state index is 12.3. The molecule has 0 saturated carbocycles. The van der Waals surface area contributed by atoms with Gasteiger partial charge in [0.1, 0.15) is 5.69 Å². The van der Waals surface area contributed by atoms with Crippen LogP contribution in [0.1, 0.15) is 5.69 Å². The van der Waals surface area contributed by atoms with E-state index in [4.69, 9.17) is 5.73 Å². The summed E-state index contributed by atoms with van der Waals surface area (Å²) in [5.74, 6) is 0. The molecule has 0 aliphatic carbocycles. The van der Waals surface area contributed by atoms with Crippen LogP contribution in [0.5, 0.6) is 0 Å². The van der Waals surface area contributed by atoms with Gasteiger partial charge in [-0.05, 0) is 18.2 Å². The van der Waals surface area contributed by atoms with Gasteiger partial charge in [0.25, 0.3) is 0 Å². The SMILES string of the molecule is Nc1cccc2[nH]c(C(F)(F)F)cc12. The molecule has 74 valence electrons. The molecule has 1 aromatic heterocycles. The van der Waals surface area contributed by atoms with E-state index in [0.29, 0.717) is 16.6 Å². The number of nitrogens with two attached hydrogens (primary N) is 1. The fourth-order valence-corrected chi connectivity index (χ4v) is 1.33. The van der Waals surface area contributed by atoms with Crippen LogP contribution in [0, 0.1) is 0 Å². The van der Waals surface area contributed by atoms with E-state index in [1.165, 1.54) is 0 Å². The fourth-order valence-electron chi connectivity index (χ4n) is 1.33. The van der Waals surface area contributed by atoms with Crippen LogP contribution in [0.3, 0.4) is 0 Å². The number of halogens is 3. The molecule has 0 saturated heterocycles. The molecule has 0 aliphatic heterocycles. The van der Waals surface area contributed by atoms with Crippen LogP contribution in [0.4, 0.5) is 18.9 Å². The Labute approximate surface area is 77.5 Å². The predicted molar refractivity (Wildman–Crippen MR) is 47.7 cm³/mol. The zero-order valence-corrected chi connectivity index (χ0v) is 7.02. The van der Waals surface area contributed by atoms with Crippen LogP contribution in [-0.4, -0.2) is 4.98 Å². The first-order valence-electron chi connectivity index (χ1n) is 3.93. The van der Waals surface area contributed by atoms with Gasteiger partial charge >= 0.3 is 6.18 Å². The van der Waals surface area contributed by atoms with E-state index in [1.54, 1.807) is 18.2 Å². The highest BCUT2D eigenvalue weighted by molar-refractivity contribution is 5.91. The number of rotatable bonds is 0. The van der Waals surface area contributed by atoms with E-state index in [9.17, 15) is 13.2 Å². The first kappa shape index (κ1) is 8.93. The number of fused-ring (bicyclic) bond motifs is 1. The van der Waals surface area contributed by atoms with Crippen molar-refractivity contribution < 1.29 is 13.2 Å². The van der Waals surface area contributed by atoms with E-state index in [1.807, 2.05) is 0 Å². The van der Waals surface area contributed by atoms with Gasteiger partial charge in [-0.15, -0.1) is 0 Å². The van der Waals surface area contributed by atoms with Crippen molar-refractivity contribution in [1.29, 1.82) is 0 Å². The van der Waals surface area contributed by atoms with Gasteiger partial charge in [-0.25, -0.2) is 0 Å². The average molecular weight is 200 g/mol.